The van der Waals surface area contributed by atoms with Crippen molar-refractivity contribution in [2.75, 3.05) is 10.7 Å². The van der Waals surface area contributed by atoms with Crippen LogP contribution in [0.5, 0.6) is 0 Å². The summed E-state index contributed by atoms with van der Waals surface area (Å²) in [6.07, 6.45) is 11.6. The molecule has 2 aliphatic rings. The molecular formula is C18H25N7. The van der Waals surface area contributed by atoms with Crippen molar-refractivity contribution in [3.05, 3.63) is 48.2 Å². The highest BCUT2D eigenvalue weighted by Gasteiger charge is 2.39. The van der Waals surface area contributed by atoms with Gasteiger partial charge in [-0.25, -0.2) is 14.6 Å². The number of nitrogens with zero attached hydrogens (tertiary/aromatic N) is 3. The first-order valence-electron chi connectivity index (χ1n) is 8.82. The van der Waals surface area contributed by atoms with E-state index in [1.165, 1.54) is 0 Å². The Kier molecular flexibility index (Phi) is 3.97. The third-order valence-electron chi connectivity index (χ3n) is 5.20. The van der Waals surface area contributed by atoms with Gasteiger partial charge in [0.05, 0.1) is 5.70 Å². The summed E-state index contributed by atoms with van der Waals surface area (Å²) in [6.45, 7) is 2.04. The SMILES string of the molecule is Cc1ccnc(NC2=CC(N)(C3CCC(N)CC3)Nn3ccnc32)c1. The number of aromatic nitrogens is 3. The van der Waals surface area contributed by atoms with Gasteiger partial charge < -0.3 is 22.2 Å². The molecule has 0 aromatic carbocycles. The second kappa shape index (κ2) is 6.16. The van der Waals surface area contributed by atoms with Gasteiger partial charge >= 0.3 is 0 Å². The van der Waals surface area contributed by atoms with Gasteiger partial charge in [0.2, 0.25) is 0 Å². The van der Waals surface area contributed by atoms with Crippen LogP contribution in [-0.4, -0.2) is 26.3 Å². The van der Waals surface area contributed by atoms with Gasteiger partial charge in [0.1, 0.15) is 11.5 Å². The highest BCUT2D eigenvalue weighted by atomic mass is 15.5. The molecule has 0 radical (unpaired) electrons. The van der Waals surface area contributed by atoms with E-state index in [9.17, 15) is 0 Å². The lowest BCUT2D eigenvalue weighted by atomic mass is 9.78. The van der Waals surface area contributed by atoms with E-state index >= 15 is 0 Å². The van der Waals surface area contributed by atoms with Crippen LogP contribution in [0.3, 0.4) is 0 Å². The van der Waals surface area contributed by atoms with Crippen LogP contribution in [-0.2, 0) is 0 Å². The monoisotopic (exact) mass is 339 g/mol. The summed E-state index contributed by atoms with van der Waals surface area (Å²) in [4.78, 5) is 8.84. The second-order valence-corrected chi connectivity index (χ2v) is 7.18. The molecule has 1 unspecified atom stereocenters. The van der Waals surface area contributed by atoms with Gasteiger partial charge in [0.15, 0.2) is 5.82 Å². The predicted octanol–water partition coefficient (Wildman–Crippen LogP) is 1.77. The molecule has 3 heterocycles. The zero-order chi connectivity index (χ0) is 17.4. The maximum atomic E-state index is 6.79. The van der Waals surface area contributed by atoms with E-state index in [0.29, 0.717) is 12.0 Å². The molecule has 6 N–H and O–H groups in total. The van der Waals surface area contributed by atoms with E-state index in [1.54, 1.807) is 12.4 Å². The van der Waals surface area contributed by atoms with Crippen LogP contribution < -0.4 is 22.2 Å². The zero-order valence-corrected chi connectivity index (χ0v) is 14.4. The van der Waals surface area contributed by atoms with E-state index in [4.69, 9.17) is 11.5 Å². The molecule has 7 nitrogen and oxygen atoms in total. The van der Waals surface area contributed by atoms with E-state index in [-0.39, 0.29) is 0 Å². The number of pyridine rings is 1. The first-order chi connectivity index (χ1) is 12.0. The van der Waals surface area contributed by atoms with E-state index in [2.05, 4.69) is 26.8 Å². The minimum atomic E-state index is -0.639. The molecule has 132 valence electrons. The van der Waals surface area contributed by atoms with E-state index in [0.717, 1.165) is 48.6 Å². The average Bonchev–Trinajstić information content (AvgIpc) is 3.03. The standard InChI is InChI=1S/C18H25N7/c1-12-6-7-21-16(10-12)23-15-11-18(20,13-2-4-14(19)5-3-13)24-25-9-8-22-17(15)25/h6-11,13-14,24H,2-5,19-20H2,1H3,(H,21,23). The quantitative estimate of drug-likeness (QED) is 0.679. The summed E-state index contributed by atoms with van der Waals surface area (Å²) in [5, 5.41) is 3.39. The highest BCUT2D eigenvalue weighted by Crippen LogP contribution is 2.35. The first-order valence-corrected chi connectivity index (χ1v) is 8.82. The van der Waals surface area contributed by atoms with Gasteiger partial charge in [0, 0.05) is 30.6 Å². The Bertz CT molecular complexity index is 788. The lowest BCUT2D eigenvalue weighted by Gasteiger charge is -2.42. The van der Waals surface area contributed by atoms with Crippen LogP contribution in [0.4, 0.5) is 5.82 Å². The van der Waals surface area contributed by atoms with Crippen molar-refractivity contribution in [1.29, 1.82) is 0 Å². The Hall–Kier alpha value is -2.38. The number of hydrogen-bond donors (Lipinski definition) is 4. The Morgan fingerprint density at radius 1 is 1.24 bits per heavy atom. The molecule has 1 saturated carbocycles. The van der Waals surface area contributed by atoms with Crippen molar-refractivity contribution in [1.82, 2.24) is 14.6 Å². The van der Waals surface area contributed by atoms with E-state index < -0.39 is 5.66 Å². The molecule has 0 saturated heterocycles. The van der Waals surface area contributed by atoms with Crippen LogP contribution in [0.1, 0.15) is 37.1 Å². The fraction of sp³-hybridized carbons (Fsp3) is 0.444. The topological polar surface area (TPSA) is 107 Å². The molecule has 1 atom stereocenters. The lowest BCUT2D eigenvalue weighted by Crippen LogP contribution is -2.58. The van der Waals surface area contributed by atoms with Gasteiger partial charge in [0.25, 0.3) is 0 Å². The van der Waals surface area contributed by atoms with Crippen molar-refractivity contribution in [2.45, 2.75) is 44.3 Å². The normalized spacial score (nSPS) is 28.7. The number of hydrogen-bond acceptors (Lipinski definition) is 6. The number of rotatable bonds is 3. The van der Waals surface area contributed by atoms with Crippen molar-refractivity contribution in [3.8, 4) is 0 Å². The molecule has 1 aliphatic carbocycles. The number of nitrogens with one attached hydrogen (secondary N) is 2. The van der Waals surface area contributed by atoms with Crippen molar-refractivity contribution < 1.29 is 0 Å². The summed E-state index contributed by atoms with van der Waals surface area (Å²) in [7, 11) is 0. The average molecular weight is 339 g/mol. The molecule has 7 heteroatoms. The van der Waals surface area contributed by atoms with Crippen LogP contribution >= 0.6 is 0 Å². The molecule has 2 aromatic heterocycles. The molecular weight excluding hydrogens is 314 g/mol. The minimum Gasteiger partial charge on any atom is -0.337 e. The number of anilines is 1. The molecule has 0 spiro atoms. The number of nitrogens with two attached hydrogens (primary N) is 2. The highest BCUT2D eigenvalue weighted by molar-refractivity contribution is 5.74. The maximum Gasteiger partial charge on any atom is 0.175 e. The van der Waals surface area contributed by atoms with Crippen molar-refractivity contribution >= 4 is 11.5 Å². The van der Waals surface area contributed by atoms with Gasteiger partial charge in [-0.1, -0.05) is 0 Å². The summed E-state index contributed by atoms with van der Waals surface area (Å²) in [6, 6.07) is 4.28. The molecule has 1 aliphatic heterocycles. The number of fused-ring (bicyclic) bond motifs is 1. The smallest absolute Gasteiger partial charge is 0.175 e. The summed E-state index contributed by atoms with van der Waals surface area (Å²) >= 11 is 0. The van der Waals surface area contributed by atoms with Crippen molar-refractivity contribution in [2.24, 2.45) is 17.4 Å². The maximum absolute atomic E-state index is 6.79. The fourth-order valence-corrected chi connectivity index (χ4v) is 3.78. The van der Waals surface area contributed by atoms with Crippen LogP contribution in [0.2, 0.25) is 0 Å². The fourth-order valence-electron chi connectivity index (χ4n) is 3.78. The Labute approximate surface area is 147 Å². The lowest BCUT2D eigenvalue weighted by molar-refractivity contribution is 0.239. The van der Waals surface area contributed by atoms with Crippen molar-refractivity contribution in [3.63, 3.8) is 0 Å². The molecule has 0 bridgehead atoms. The largest absolute Gasteiger partial charge is 0.337 e. The second-order valence-electron chi connectivity index (χ2n) is 7.18. The van der Waals surface area contributed by atoms with Crippen LogP contribution in [0, 0.1) is 12.8 Å². The summed E-state index contributed by atoms with van der Waals surface area (Å²) in [5.74, 6) is 1.91. The van der Waals surface area contributed by atoms with Gasteiger partial charge in [-0.2, -0.15) is 0 Å². The number of imidazole rings is 1. The minimum absolute atomic E-state index is 0.297. The third-order valence-corrected chi connectivity index (χ3v) is 5.20. The Morgan fingerprint density at radius 2 is 2.04 bits per heavy atom. The Balaban J connectivity index is 1.66. The predicted molar refractivity (Wildman–Crippen MR) is 99.0 cm³/mol. The van der Waals surface area contributed by atoms with Gasteiger partial charge in [-0.15, -0.1) is 0 Å². The first kappa shape index (κ1) is 16.1. The van der Waals surface area contributed by atoms with Gasteiger partial charge in [-0.3, -0.25) is 0 Å². The third kappa shape index (κ3) is 3.12. The summed E-state index contributed by atoms with van der Waals surface area (Å²) in [5.41, 5.74) is 17.7. The van der Waals surface area contributed by atoms with Crippen LogP contribution in [0.25, 0.3) is 5.70 Å². The van der Waals surface area contributed by atoms with E-state index in [1.807, 2.05) is 29.9 Å². The number of aryl methyl sites for hydroxylation is 1. The molecule has 2 aromatic rings. The zero-order valence-electron chi connectivity index (χ0n) is 14.4. The molecule has 0 amide bonds. The molecule has 1 fully saturated rings. The Morgan fingerprint density at radius 3 is 2.80 bits per heavy atom. The summed E-state index contributed by atoms with van der Waals surface area (Å²) < 4.78 is 1.90. The van der Waals surface area contributed by atoms with Crippen LogP contribution in [0.15, 0.2) is 36.8 Å². The molecule has 4 rings (SSSR count). The molecule has 25 heavy (non-hydrogen) atoms. The van der Waals surface area contributed by atoms with Gasteiger partial charge in [-0.05, 0) is 56.4 Å².